The standard InChI is InChI=1S/C6H8O3S3/c1-5-6(3-4-9-5)10-11-12(2,7)8/h3-4H,1-2H3. The van der Waals surface area contributed by atoms with Crippen LogP contribution in [0, 0.1) is 6.92 Å². The molecule has 1 rings (SSSR count). The summed E-state index contributed by atoms with van der Waals surface area (Å²) in [5.41, 5.74) is 0. The van der Waals surface area contributed by atoms with Crippen LogP contribution in [0.5, 0.6) is 0 Å². The number of rotatable bonds is 3. The summed E-state index contributed by atoms with van der Waals surface area (Å²) in [5.74, 6) is 0.746. The van der Waals surface area contributed by atoms with Crippen molar-refractivity contribution in [3.05, 3.63) is 18.1 Å². The van der Waals surface area contributed by atoms with Crippen molar-refractivity contribution in [2.24, 2.45) is 0 Å². The minimum absolute atomic E-state index is 0.746. The third kappa shape index (κ3) is 3.12. The maximum absolute atomic E-state index is 10.7. The second-order valence-corrected chi connectivity index (χ2v) is 8.30. The molecule has 0 aliphatic carbocycles. The lowest BCUT2D eigenvalue weighted by Gasteiger charge is -1.94. The molecule has 3 nitrogen and oxygen atoms in total. The summed E-state index contributed by atoms with van der Waals surface area (Å²) < 4.78 is 26.5. The molecule has 0 atom stereocenters. The number of hydrogen-bond acceptors (Lipinski definition) is 5. The molecule has 0 saturated heterocycles. The Morgan fingerprint density at radius 2 is 2.17 bits per heavy atom. The average molecular weight is 224 g/mol. The summed E-state index contributed by atoms with van der Waals surface area (Å²) in [7, 11) is -0.949. The van der Waals surface area contributed by atoms with E-state index in [1.807, 2.05) is 0 Å². The molecular formula is C6H8O3S3. The Morgan fingerprint density at radius 3 is 2.58 bits per heavy atom. The SMILES string of the molecule is Cc1occc1SSS(C)(=O)=O. The van der Waals surface area contributed by atoms with Gasteiger partial charge in [-0.05, 0) is 23.8 Å². The minimum Gasteiger partial charge on any atom is -0.468 e. The summed E-state index contributed by atoms with van der Waals surface area (Å²) in [5, 5.41) is 0. The topological polar surface area (TPSA) is 47.3 Å². The monoisotopic (exact) mass is 224 g/mol. The quantitative estimate of drug-likeness (QED) is 0.737. The molecule has 12 heavy (non-hydrogen) atoms. The Balaban J connectivity index is 2.61. The fraction of sp³-hybridized carbons (Fsp3) is 0.333. The van der Waals surface area contributed by atoms with Crippen molar-refractivity contribution in [1.29, 1.82) is 0 Å². The molecule has 0 saturated carbocycles. The van der Waals surface area contributed by atoms with Crippen LogP contribution in [-0.4, -0.2) is 14.7 Å². The minimum atomic E-state index is -2.98. The van der Waals surface area contributed by atoms with Crippen LogP contribution in [0.15, 0.2) is 21.6 Å². The van der Waals surface area contributed by atoms with E-state index in [1.54, 1.807) is 19.3 Å². The Hall–Kier alpha value is -0.0700. The zero-order valence-electron chi connectivity index (χ0n) is 6.60. The average Bonchev–Trinajstić information content (AvgIpc) is 2.29. The largest absolute Gasteiger partial charge is 0.468 e. The summed E-state index contributed by atoms with van der Waals surface area (Å²) >= 11 is 0. The molecule has 0 aliphatic heterocycles. The Kier molecular flexibility index (Phi) is 3.14. The first-order valence-electron chi connectivity index (χ1n) is 3.09. The first kappa shape index (κ1) is 10.0. The molecule has 0 spiro atoms. The lowest BCUT2D eigenvalue weighted by Crippen LogP contribution is -1.83. The van der Waals surface area contributed by atoms with Gasteiger partial charge < -0.3 is 4.42 Å². The molecule has 0 bridgehead atoms. The molecule has 1 aromatic rings. The lowest BCUT2D eigenvalue weighted by atomic mass is 10.5. The van der Waals surface area contributed by atoms with E-state index in [0.717, 1.165) is 20.5 Å². The number of hydrogen-bond donors (Lipinski definition) is 0. The first-order chi connectivity index (χ1) is 5.49. The van der Waals surface area contributed by atoms with Crippen molar-refractivity contribution < 1.29 is 12.8 Å². The summed E-state index contributed by atoms with van der Waals surface area (Å²) in [6, 6.07) is 1.75. The fourth-order valence-electron chi connectivity index (χ4n) is 0.558. The molecular weight excluding hydrogens is 216 g/mol. The highest BCUT2D eigenvalue weighted by molar-refractivity contribution is 9.06. The highest BCUT2D eigenvalue weighted by Crippen LogP contribution is 2.36. The van der Waals surface area contributed by atoms with Gasteiger partial charge in [0, 0.05) is 16.1 Å². The maximum atomic E-state index is 10.7. The Labute approximate surface area is 78.6 Å². The van der Waals surface area contributed by atoms with Gasteiger partial charge in [0.1, 0.15) is 5.76 Å². The molecule has 0 aromatic carbocycles. The number of furan rings is 1. The van der Waals surface area contributed by atoms with Crippen molar-refractivity contribution in [2.75, 3.05) is 6.26 Å². The molecule has 6 heteroatoms. The van der Waals surface area contributed by atoms with Gasteiger partial charge >= 0.3 is 0 Å². The predicted octanol–water partition coefficient (Wildman–Crippen LogP) is 2.29. The normalized spacial score (nSPS) is 11.8. The lowest BCUT2D eigenvalue weighted by molar-refractivity contribution is 0.527. The molecule has 1 aromatic heterocycles. The Morgan fingerprint density at radius 1 is 1.50 bits per heavy atom. The van der Waals surface area contributed by atoms with Crippen LogP contribution < -0.4 is 0 Å². The van der Waals surface area contributed by atoms with Crippen LogP contribution in [0.1, 0.15) is 5.76 Å². The van der Waals surface area contributed by atoms with Gasteiger partial charge in [-0.1, -0.05) is 0 Å². The highest BCUT2D eigenvalue weighted by Gasteiger charge is 2.08. The van der Waals surface area contributed by atoms with Gasteiger partial charge in [-0.3, -0.25) is 0 Å². The summed E-state index contributed by atoms with van der Waals surface area (Å²) in [4.78, 5) is 0.852. The van der Waals surface area contributed by atoms with E-state index in [0.29, 0.717) is 0 Å². The van der Waals surface area contributed by atoms with Crippen LogP contribution in [-0.2, 0) is 8.87 Å². The molecule has 0 amide bonds. The summed E-state index contributed by atoms with van der Waals surface area (Å²) in [6.07, 6.45) is 2.72. The van der Waals surface area contributed by atoms with Gasteiger partial charge in [-0.2, -0.15) is 0 Å². The van der Waals surface area contributed by atoms with Crippen LogP contribution in [0.2, 0.25) is 0 Å². The predicted molar refractivity (Wildman–Crippen MR) is 51.7 cm³/mol. The Bertz CT molecular complexity index is 352. The molecule has 68 valence electrons. The van der Waals surface area contributed by atoms with Crippen molar-refractivity contribution >= 4 is 29.5 Å². The van der Waals surface area contributed by atoms with E-state index in [4.69, 9.17) is 4.42 Å². The van der Waals surface area contributed by atoms with E-state index in [-0.39, 0.29) is 0 Å². The highest BCUT2D eigenvalue weighted by atomic mass is 33.5. The van der Waals surface area contributed by atoms with Crippen LogP contribution in [0.4, 0.5) is 0 Å². The fourth-order valence-corrected chi connectivity index (χ4v) is 3.91. The molecule has 0 unspecified atom stereocenters. The van der Waals surface area contributed by atoms with Gasteiger partial charge in [0.05, 0.1) is 11.2 Å². The van der Waals surface area contributed by atoms with E-state index < -0.39 is 8.87 Å². The van der Waals surface area contributed by atoms with E-state index in [9.17, 15) is 8.42 Å². The zero-order chi connectivity index (χ0) is 9.19. The third-order valence-electron chi connectivity index (χ3n) is 1.06. The zero-order valence-corrected chi connectivity index (χ0v) is 9.05. The van der Waals surface area contributed by atoms with Crippen LogP contribution in [0.25, 0.3) is 0 Å². The van der Waals surface area contributed by atoms with E-state index in [1.165, 1.54) is 17.0 Å². The van der Waals surface area contributed by atoms with Gasteiger partial charge in [0.15, 0.2) is 0 Å². The van der Waals surface area contributed by atoms with Gasteiger partial charge in [0.25, 0.3) is 0 Å². The maximum Gasteiger partial charge on any atom is 0.209 e. The van der Waals surface area contributed by atoms with Crippen LogP contribution >= 0.6 is 20.6 Å². The molecule has 0 N–H and O–H groups in total. The van der Waals surface area contributed by atoms with E-state index >= 15 is 0 Å². The molecule has 0 radical (unpaired) electrons. The van der Waals surface area contributed by atoms with Crippen molar-refractivity contribution in [1.82, 2.24) is 0 Å². The summed E-state index contributed by atoms with van der Waals surface area (Å²) in [6.45, 7) is 1.80. The van der Waals surface area contributed by atoms with Crippen LogP contribution in [0.3, 0.4) is 0 Å². The number of aryl methyl sites for hydroxylation is 1. The van der Waals surface area contributed by atoms with E-state index in [2.05, 4.69) is 0 Å². The third-order valence-corrected chi connectivity index (χ3v) is 6.30. The van der Waals surface area contributed by atoms with Gasteiger partial charge in [0.2, 0.25) is 8.87 Å². The molecule has 0 aliphatic rings. The van der Waals surface area contributed by atoms with Gasteiger partial charge in [-0.15, -0.1) is 0 Å². The first-order valence-corrected chi connectivity index (χ1v) is 7.65. The smallest absolute Gasteiger partial charge is 0.209 e. The van der Waals surface area contributed by atoms with Crippen molar-refractivity contribution in [3.63, 3.8) is 0 Å². The second kappa shape index (κ2) is 3.76. The van der Waals surface area contributed by atoms with Crippen molar-refractivity contribution in [2.45, 2.75) is 11.8 Å². The van der Waals surface area contributed by atoms with Crippen molar-refractivity contribution in [3.8, 4) is 0 Å². The molecule has 0 fully saturated rings. The second-order valence-electron chi connectivity index (χ2n) is 2.20. The molecule has 1 heterocycles. The van der Waals surface area contributed by atoms with Gasteiger partial charge in [-0.25, -0.2) is 8.42 Å².